The predicted molar refractivity (Wildman–Crippen MR) is 71.8 cm³/mol. The molecule has 0 aliphatic carbocycles. The summed E-state index contributed by atoms with van der Waals surface area (Å²) in [4.78, 5) is 0. The molecule has 1 unspecified atom stereocenters. The molecule has 16 heavy (non-hydrogen) atoms. The zero-order valence-electron chi connectivity index (χ0n) is 11.1. The van der Waals surface area contributed by atoms with Crippen molar-refractivity contribution in [2.45, 2.75) is 46.6 Å². The maximum absolute atomic E-state index is 3.44. The summed E-state index contributed by atoms with van der Waals surface area (Å²) in [5.41, 5.74) is 2.89. The molecule has 1 rings (SSSR count). The monoisotopic (exact) mass is 219 g/mol. The van der Waals surface area contributed by atoms with Gasteiger partial charge in [-0.15, -0.1) is 0 Å². The maximum Gasteiger partial charge on any atom is 0.00790 e. The summed E-state index contributed by atoms with van der Waals surface area (Å²) in [6.45, 7) is 9.97. The van der Waals surface area contributed by atoms with Crippen LogP contribution in [-0.2, 0) is 12.8 Å². The Morgan fingerprint density at radius 1 is 0.938 bits per heavy atom. The van der Waals surface area contributed by atoms with Crippen molar-refractivity contribution >= 4 is 0 Å². The van der Waals surface area contributed by atoms with Crippen LogP contribution in [0.2, 0.25) is 0 Å². The van der Waals surface area contributed by atoms with Crippen LogP contribution in [0.3, 0.4) is 0 Å². The summed E-state index contributed by atoms with van der Waals surface area (Å²) >= 11 is 0. The summed E-state index contributed by atoms with van der Waals surface area (Å²) in [7, 11) is 0. The minimum absolute atomic E-state index is 0.570. The van der Waals surface area contributed by atoms with Crippen LogP contribution in [0.25, 0.3) is 0 Å². The van der Waals surface area contributed by atoms with Crippen molar-refractivity contribution in [3.8, 4) is 0 Å². The number of nitrogens with one attached hydrogen (secondary N) is 1. The fraction of sp³-hybridized carbons (Fsp3) is 0.600. The van der Waals surface area contributed by atoms with E-state index in [1.54, 1.807) is 0 Å². The molecule has 0 aliphatic heterocycles. The lowest BCUT2D eigenvalue weighted by atomic mass is 10.00. The number of hydrogen-bond acceptors (Lipinski definition) is 1. The third kappa shape index (κ3) is 4.80. The average molecular weight is 219 g/mol. The van der Waals surface area contributed by atoms with Crippen LogP contribution < -0.4 is 5.32 Å². The molecule has 0 heterocycles. The number of hydrogen-bond donors (Lipinski definition) is 1. The Kier molecular flexibility index (Phi) is 5.54. The van der Waals surface area contributed by atoms with Crippen molar-refractivity contribution in [3.05, 3.63) is 35.4 Å². The highest BCUT2D eigenvalue weighted by Gasteiger charge is 2.02. The zero-order valence-corrected chi connectivity index (χ0v) is 11.1. The second-order valence-corrected chi connectivity index (χ2v) is 5.08. The van der Waals surface area contributed by atoms with E-state index in [-0.39, 0.29) is 0 Å². The molecule has 1 heteroatoms. The number of benzene rings is 1. The van der Waals surface area contributed by atoms with Crippen LogP contribution in [0.4, 0.5) is 0 Å². The van der Waals surface area contributed by atoms with E-state index >= 15 is 0 Å². The highest BCUT2D eigenvalue weighted by Crippen LogP contribution is 2.11. The molecule has 1 aromatic rings. The van der Waals surface area contributed by atoms with E-state index in [9.17, 15) is 0 Å². The van der Waals surface area contributed by atoms with E-state index in [2.05, 4.69) is 57.3 Å². The smallest absolute Gasteiger partial charge is 0.00790 e. The van der Waals surface area contributed by atoms with E-state index in [1.165, 1.54) is 17.5 Å². The highest BCUT2D eigenvalue weighted by molar-refractivity contribution is 5.23. The summed E-state index contributed by atoms with van der Waals surface area (Å²) in [6.07, 6.45) is 2.30. The lowest BCUT2D eigenvalue weighted by Crippen LogP contribution is -2.27. The first kappa shape index (κ1) is 13.2. The summed E-state index contributed by atoms with van der Waals surface area (Å²) < 4.78 is 0. The van der Waals surface area contributed by atoms with E-state index in [0.29, 0.717) is 6.04 Å². The Hall–Kier alpha value is -0.820. The van der Waals surface area contributed by atoms with Gasteiger partial charge < -0.3 is 5.32 Å². The van der Waals surface area contributed by atoms with Crippen LogP contribution in [0.1, 0.15) is 38.8 Å². The fourth-order valence-electron chi connectivity index (χ4n) is 2.06. The largest absolute Gasteiger partial charge is 0.314 e. The van der Waals surface area contributed by atoms with Gasteiger partial charge in [0.2, 0.25) is 0 Å². The molecule has 0 aromatic heterocycles. The molecule has 0 bridgehead atoms. The minimum Gasteiger partial charge on any atom is -0.314 e. The molecule has 1 atom stereocenters. The molecular weight excluding hydrogens is 194 g/mol. The van der Waals surface area contributed by atoms with Crippen molar-refractivity contribution in [2.24, 2.45) is 5.92 Å². The van der Waals surface area contributed by atoms with Gasteiger partial charge in [-0.2, -0.15) is 0 Å². The summed E-state index contributed by atoms with van der Waals surface area (Å²) in [5, 5.41) is 3.44. The van der Waals surface area contributed by atoms with Crippen LogP contribution >= 0.6 is 0 Å². The van der Waals surface area contributed by atoms with Gasteiger partial charge in [0, 0.05) is 6.04 Å². The van der Waals surface area contributed by atoms with Gasteiger partial charge in [0.1, 0.15) is 0 Å². The highest BCUT2D eigenvalue weighted by atomic mass is 14.9. The van der Waals surface area contributed by atoms with E-state index in [0.717, 1.165) is 18.9 Å². The Morgan fingerprint density at radius 3 is 1.88 bits per heavy atom. The van der Waals surface area contributed by atoms with Gasteiger partial charge in [-0.3, -0.25) is 0 Å². The molecule has 0 aliphatic rings. The molecule has 1 nitrogen and oxygen atoms in total. The molecule has 0 radical (unpaired) electrons. The zero-order chi connectivity index (χ0) is 12.0. The Morgan fingerprint density at radius 2 is 1.44 bits per heavy atom. The lowest BCUT2D eigenvalue weighted by molar-refractivity contribution is 0.565. The molecule has 0 spiro atoms. The van der Waals surface area contributed by atoms with Gasteiger partial charge in [-0.1, -0.05) is 45.0 Å². The first-order valence-electron chi connectivity index (χ1n) is 6.43. The first-order valence-corrected chi connectivity index (χ1v) is 6.43. The standard InChI is InChI=1S/C15H25N/c1-5-16-13(4)11-15-8-6-14(7-9-15)10-12(2)3/h6-9,12-13,16H,5,10-11H2,1-4H3. The van der Waals surface area contributed by atoms with Crippen molar-refractivity contribution < 1.29 is 0 Å². The minimum atomic E-state index is 0.570. The first-order chi connectivity index (χ1) is 7.61. The van der Waals surface area contributed by atoms with Gasteiger partial charge in [-0.05, 0) is 43.4 Å². The normalized spacial score (nSPS) is 13.1. The quantitative estimate of drug-likeness (QED) is 0.773. The second kappa shape index (κ2) is 6.70. The topological polar surface area (TPSA) is 12.0 Å². The van der Waals surface area contributed by atoms with Crippen LogP contribution in [-0.4, -0.2) is 12.6 Å². The third-order valence-electron chi connectivity index (χ3n) is 2.76. The third-order valence-corrected chi connectivity index (χ3v) is 2.76. The molecular formula is C15H25N. The molecule has 0 amide bonds. The Bertz CT molecular complexity index is 287. The molecule has 0 saturated carbocycles. The molecule has 0 fully saturated rings. The van der Waals surface area contributed by atoms with E-state index in [4.69, 9.17) is 0 Å². The Balaban J connectivity index is 2.50. The molecule has 1 aromatic carbocycles. The van der Waals surface area contributed by atoms with Crippen LogP contribution in [0.15, 0.2) is 24.3 Å². The average Bonchev–Trinajstić information content (AvgIpc) is 2.20. The second-order valence-electron chi connectivity index (χ2n) is 5.08. The van der Waals surface area contributed by atoms with Crippen molar-refractivity contribution in [1.82, 2.24) is 5.32 Å². The SMILES string of the molecule is CCNC(C)Cc1ccc(CC(C)C)cc1. The van der Waals surface area contributed by atoms with E-state index in [1.807, 2.05) is 0 Å². The van der Waals surface area contributed by atoms with Crippen LogP contribution in [0.5, 0.6) is 0 Å². The molecule has 1 N–H and O–H groups in total. The maximum atomic E-state index is 3.44. The summed E-state index contributed by atoms with van der Waals surface area (Å²) in [6, 6.07) is 9.65. The van der Waals surface area contributed by atoms with Crippen LogP contribution in [0, 0.1) is 5.92 Å². The Labute approximate surface area is 100 Å². The molecule has 0 saturated heterocycles. The van der Waals surface area contributed by atoms with Gasteiger partial charge in [0.05, 0.1) is 0 Å². The summed E-state index contributed by atoms with van der Waals surface area (Å²) in [5.74, 6) is 0.742. The lowest BCUT2D eigenvalue weighted by Gasteiger charge is -2.12. The van der Waals surface area contributed by atoms with Gasteiger partial charge in [0.15, 0.2) is 0 Å². The van der Waals surface area contributed by atoms with Crippen molar-refractivity contribution in [1.29, 1.82) is 0 Å². The molecule has 90 valence electrons. The van der Waals surface area contributed by atoms with Crippen molar-refractivity contribution in [2.75, 3.05) is 6.54 Å². The number of likely N-dealkylation sites (N-methyl/N-ethyl adjacent to an activating group) is 1. The fourth-order valence-corrected chi connectivity index (χ4v) is 2.06. The van der Waals surface area contributed by atoms with Crippen molar-refractivity contribution in [3.63, 3.8) is 0 Å². The number of rotatable bonds is 6. The predicted octanol–water partition coefficient (Wildman–Crippen LogP) is 3.43. The van der Waals surface area contributed by atoms with Gasteiger partial charge >= 0.3 is 0 Å². The van der Waals surface area contributed by atoms with E-state index < -0.39 is 0 Å². The van der Waals surface area contributed by atoms with Gasteiger partial charge in [0.25, 0.3) is 0 Å². The van der Waals surface area contributed by atoms with Gasteiger partial charge in [-0.25, -0.2) is 0 Å².